The van der Waals surface area contributed by atoms with Crippen LogP contribution in [-0.4, -0.2) is 7.11 Å². The highest BCUT2D eigenvalue weighted by atomic mass is 79.9. The summed E-state index contributed by atoms with van der Waals surface area (Å²) in [7, 11) is 4.54. The van der Waals surface area contributed by atoms with Crippen molar-refractivity contribution in [2.75, 3.05) is 7.11 Å². The van der Waals surface area contributed by atoms with Gasteiger partial charge in [0.05, 0.1) is 7.11 Å². The van der Waals surface area contributed by atoms with Gasteiger partial charge in [-0.1, -0.05) is 70.5 Å². The van der Waals surface area contributed by atoms with E-state index in [4.69, 9.17) is 4.74 Å². The van der Waals surface area contributed by atoms with Crippen LogP contribution < -0.4 is 10.0 Å². The maximum atomic E-state index is 5.55. The number of benzene rings is 3. The summed E-state index contributed by atoms with van der Waals surface area (Å²) >= 11 is 3.66. The van der Waals surface area contributed by atoms with Crippen LogP contribution in [0.25, 0.3) is 22.3 Å². The van der Waals surface area contributed by atoms with Crippen LogP contribution in [0.15, 0.2) is 71.2 Å². The fourth-order valence-electron chi connectivity index (χ4n) is 2.63. The van der Waals surface area contributed by atoms with Crippen molar-refractivity contribution in [1.29, 1.82) is 0 Å². The van der Waals surface area contributed by atoms with Crippen molar-refractivity contribution in [1.82, 2.24) is 0 Å². The molecule has 3 rings (SSSR count). The van der Waals surface area contributed by atoms with E-state index in [9.17, 15) is 0 Å². The summed E-state index contributed by atoms with van der Waals surface area (Å²) in [6.45, 7) is 0. The minimum atomic E-state index is 0.880. The van der Waals surface area contributed by atoms with Gasteiger partial charge in [0.1, 0.15) is 5.75 Å². The molecule has 22 heavy (non-hydrogen) atoms. The Morgan fingerprint density at radius 2 is 1.41 bits per heavy atom. The van der Waals surface area contributed by atoms with E-state index in [0.717, 1.165) is 21.1 Å². The van der Waals surface area contributed by atoms with E-state index in [1.54, 1.807) is 7.11 Å². The van der Waals surface area contributed by atoms with Crippen molar-refractivity contribution in [2.24, 2.45) is 0 Å². The number of methoxy groups -OCH3 is 1. The summed E-state index contributed by atoms with van der Waals surface area (Å²) < 4.78 is 6.64. The van der Waals surface area contributed by atoms with Crippen molar-refractivity contribution in [2.45, 2.75) is 0 Å². The van der Waals surface area contributed by atoms with E-state index in [-0.39, 0.29) is 0 Å². The van der Waals surface area contributed by atoms with Crippen LogP contribution in [0.3, 0.4) is 0 Å². The van der Waals surface area contributed by atoms with Crippen molar-refractivity contribution in [3.63, 3.8) is 0 Å². The van der Waals surface area contributed by atoms with Gasteiger partial charge in [0.25, 0.3) is 0 Å². The van der Waals surface area contributed by atoms with Gasteiger partial charge in [0, 0.05) is 15.6 Å². The molecule has 3 heteroatoms. The van der Waals surface area contributed by atoms with E-state index in [2.05, 4.69) is 67.6 Å². The highest BCUT2D eigenvalue weighted by Crippen LogP contribution is 2.39. The molecule has 0 aliphatic rings. The van der Waals surface area contributed by atoms with Gasteiger partial charge in [-0.25, -0.2) is 0 Å². The largest absolute Gasteiger partial charge is 0.496 e. The lowest BCUT2D eigenvalue weighted by Crippen LogP contribution is -2.01. The first-order valence-corrected chi connectivity index (χ1v) is 8.36. The molecule has 0 aliphatic carbocycles. The monoisotopic (exact) mass is 370 g/mol. The molecule has 0 saturated heterocycles. The molecular weight excluding hydrogens is 355 g/mol. The van der Waals surface area contributed by atoms with Crippen LogP contribution >= 0.6 is 25.2 Å². The second-order valence-corrected chi connectivity index (χ2v) is 6.43. The molecule has 0 saturated carbocycles. The van der Waals surface area contributed by atoms with Crippen molar-refractivity contribution in [3.05, 3.63) is 71.2 Å². The molecule has 1 atom stereocenters. The number of hydrogen-bond acceptors (Lipinski definition) is 1. The number of hydrogen-bond donors (Lipinski definition) is 0. The topological polar surface area (TPSA) is 9.23 Å². The summed E-state index contributed by atoms with van der Waals surface area (Å²) in [4.78, 5) is 0. The summed E-state index contributed by atoms with van der Waals surface area (Å²) in [5.41, 5.74) is 4.63. The zero-order chi connectivity index (χ0) is 15.5. The molecule has 0 amide bonds. The van der Waals surface area contributed by atoms with Crippen LogP contribution in [0.5, 0.6) is 5.75 Å². The molecule has 0 heterocycles. The van der Waals surface area contributed by atoms with E-state index in [1.165, 1.54) is 16.7 Å². The summed E-state index contributed by atoms with van der Waals surface area (Å²) in [5.74, 6) is 0.880. The highest BCUT2D eigenvalue weighted by molar-refractivity contribution is 9.10. The van der Waals surface area contributed by atoms with Gasteiger partial charge in [0.2, 0.25) is 0 Å². The fraction of sp³-hybridized carbons (Fsp3) is 0.0526. The average molecular weight is 371 g/mol. The Hall–Kier alpha value is -1.63. The Morgan fingerprint density at radius 1 is 0.773 bits per heavy atom. The zero-order valence-electron chi connectivity index (χ0n) is 12.2. The predicted molar refractivity (Wildman–Crippen MR) is 101 cm³/mol. The molecule has 3 aromatic rings. The van der Waals surface area contributed by atoms with E-state index >= 15 is 0 Å². The standard InChI is InChI=1S/C19H16BrOP/c1-21-17-11-5-3-8-15(17)19-14(9-6-12-18(19)22)13-7-2-4-10-16(13)20/h2-12H,22H2,1H3. The third kappa shape index (κ3) is 2.82. The van der Waals surface area contributed by atoms with Gasteiger partial charge in [-0.15, -0.1) is 9.24 Å². The second-order valence-electron chi connectivity index (χ2n) is 4.95. The Labute approximate surface area is 141 Å². The molecule has 0 radical (unpaired) electrons. The fourth-order valence-corrected chi connectivity index (χ4v) is 3.55. The first-order chi connectivity index (χ1) is 10.7. The van der Waals surface area contributed by atoms with Crippen molar-refractivity contribution < 1.29 is 4.74 Å². The molecule has 0 spiro atoms. The van der Waals surface area contributed by atoms with E-state index in [1.807, 2.05) is 24.3 Å². The van der Waals surface area contributed by atoms with Crippen LogP contribution in [0.2, 0.25) is 0 Å². The maximum absolute atomic E-state index is 5.55. The van der Waals surface area contributed by atoms with Crippen molar-refractivity contribution in [3.8, 4) is 28.0 Å². The van der Waals surface area contributed by atoms with E-state index in [0.29, 0.717) is 0 Å². The van der Waals surface area contributed by atoms with Crippen molar-refractivity contribution >= 4 is 30.5 Å². The molecule has 1 unspecified atom stereocenters. The molecule has 0 fully saturated rings. The van der Waals surface area contributed by atoms with Crippen LogP contribution in [0, 0.1) is 0 Å². The Morgan fingerprint density at radius 3 is 2.14 bits per heavy atom. The third-order valence-corrected chi connectivity index (χ3v) is 4.81. The number of rotatable bonds is 3. The van der Waals surface area contributed by atoms with Crippen LogP contribution in [0.4, 0.5) is 0 Å². The Kier molecular flexibility index (Phi) is 4.61. The first-order valence-electron chi connectivity index (χ1n) is 6.99. The minimum absolute atomic E-state index is 0.880. The summed E-state index contributed by atoms with van der Waals surface area (Å²) in [6.07, 6.45) is 0. The molecule has 0 aromatic heterocycles. The molecule has 3 aromatic carbocycles. The van der Waals surface area contributed by atoms with Gasteiger partial charge < -0.3 is 4.74 Å². The minimum Gasteiger partial charge on any atom is -0.496 e. The lowest BCUT2D eigenvalue weighted by Gasteiger charge is -2.16. The second kappa shape index (κ2) is 6.64. The van der Waals surface area contributed by atoms with Gasteiger partial charge in [0.15, 0.2) is 0 Å². The lowest BCUT2D eigenvalue weighted by atomic mass is 9.94. The first kappa shape index (κ1) is 15.3. The van der Waals surface area contributed by atoms with Gasteiger partial charge in [-0.3, -0.25) is 0 Å². The van der Waals surface area contributed by atoms with Gasteiger partial charge in [-0.05, 0) is 28.6 Å². The van der Waals surface area contributed by atoms with Crippen LogP contribution in [-0.2, 0) is 0 Å². The Bertz CT molecular complexity index is 814. The molecule has 0 aliphatic heterocycles. The number of para-hydroxylation sites is 1. The lowest BCUT2D eigenvalue weighted by molar-refractivity contribution is 0.416. The Balaban J connectivity index is 2.31. The summed E-state index contributed by atoms with van der Waals surface area (Å²) in [6, 6.07) is 22.7. The molecular formula is C19H16BrOP. The zero-order valence-corrected chi connectivity index (χ0v) is 15.0. The molecule has 110 valence electrons. The molecule has 1 nitrogen and oxygen atoms in total. The van der Waals surface area contributed by atoms with Gasteiger partial charge in [-0.2, -0.15) is 0 Å². The quantitative estimate of drug-likeness (QED) is 0.569. The maximum Gasteiger partial charge on any atom is 0.126 e. The summed E-state index contributed by atoms with van der Waals surface area (Å²) in [5, 5.41) is 1.15. The average Bonchev–Trinajstić information content (AvgIpc) is 2.55. The SMILES string of the molecule is COc1ccccc1-c1c(P)cccc1-c1ccccc1Br. The molecule has 0 bridgehead atoms. The molecule has 0 N–H and O–H groups in total. The highest BCUT2D eigenvalue weighted by Gasteiger charge is 2.15. The third-order valence-electron chi connectivity index (χ3n) is 3.64. The smallest absolute Gasteiger partial charge is 0.126 e. The predicted octanol–water partition coefficient (Wildman–Crippen LogP) is 5.29. The number of ether oxygens (including phenoxy) is 1. The normalized spacial score (nSPS) is 10.5. The van der Waals surface area contributed by atoms with Gasteiger partial charge >= 0.3 is 0 Å². The van der Waals surface area contributed by atoms with E-state index < -0.39 is 0 Å². The van der Waals surface area contributed by atoms with Crippen LogP contribution in [0.1, 0.15) is 0 Å². The number of halogens is 1.